The van der Waals surface area contributed by atoms with Crippen LogP contribution in [0.1, 0.15) is 37.2 Å². The molecule has 2 aromatic heterocycles. The fourth-order valence-corrected chi connectivity index (χ4v) is 6.25. The number of morpholine rings is 1. The number of piperidine rings is 1. The summed E-state index contributed by atoms with van der Waals surface area (Å²) >= 11 is 0. The van der Waals surface area contributed by atoms with Crippen molar-refractivity contribution >= 4 is 28.6 Å². The first-order valence-electron chi connectivity index (χ1n) is 14.2. The maximum atomic E-state index is 13.5. The number of ether oxygens (including phenoxy) is 1. The van der Waals surface area contributed by atoms with Gasteiger partial charge in [-0.15, -0.1) is 0 Å². The third kappa shape index (κ3) is 5.40. The van der Waals surface area contributed by atoms with Crippen LogP contribution in [0.25, 0.3) is 16.6 Å². The molecule has 7 nitrogen and oxygen atoms in total. The van der Waals surface area contributed by atoms with E-state index in [9.17, 15) is 9.59 Å². The molecule has 2 aliphatic heterocycles. The van der Waals surface area contributed by atoms with Gasteiger partial charge in [0, 0.05) is 60.9 Å². The maximum absolute atomic E-state index is 13.5. The summed E-state index contributed by atoms with van der Waals surface area (Å²) in [6, 6.07) is 25.8. The first kappa shape index (κ1) is 26.3. The van der Waals surface area contributed by atoms with Gasteiger partial charge in [-0.2, -0.15) is 0 Å². The summed E-state index contributed by atoms with van der Waals surface area (Å²) < 4.78 is 7.70. The van der Waals surface area contributed by atoms with Gasteiger partial charge in [-0.05, 0) is 74.7 Å². The molecule has 4 heterocycles. The van der Waals surface area contributed by atoms with Crippen molar-refractivity contribution in [3.05, 3.63) is 90.8 Å². The van der Waals surface area contributed by atoms with Crippen LogP contribution in [0.5, 0.6) is 0 Å². The topological polar surface area (TPSA) is 66.3 Å². The molecular formula is C33H36N4O3. The summed E-state index contributed by atoms with van der Waals surface area (Å²) in [6.07, 6.45) is 4.65. The molecule has 2 aromatic carbocycles. The summed E-state index contributed by atoms with van der Waals surface area (Å²) in [5.41, 5.74) is 4.61. The van der Waals surface area contributed by atoms with Crippen LogP contribution in [0.3, 0.4) is 0 Å². The number of carbonyl (C=O) groups excluding carboxylic acids is 2. The molecule has 0 radical (unpaired) electrons. The van der Waals surface area contributed by atoms with Crippen LogP contribution in [-0.4, -0.2) is 65.4 Å². The zero-order valence-corrected chi connectivity index (χ0v) is 23.1. The van der Waals surface area contributed by atoms with Crippen molar-refractivity contribution in [2.75, 3.05) is 36.4 Å². The minimum absolute atomic E-state index is 0.290. The van der Waals surface area contributed by atoms with Crippen LogP contribution >= 0.6 is 0 Å². The summed E-state index contributed by atoms with van der Waals surface area (Å²) in [5, 5.41) is 2.82. The van der Waals surface area contributed by atoms with E-state index in [1.54, 1.807) is 4.40 Å². The first-order valence-corrected chi connectivity index (χ1v) is 14.2. The molecule has 2 saturated heterocycles. The number of hydrogen-bond acceptors (Lipinski definition) is 5. The van der Waals surface area contributed by atoms with Gasteiger partial charge in [0.25, 0.3) is 11.7 Å². The van der Waals surface area contributed by atoms with Crippen molar-refractivity contribution in [2.45, 2.75) is 44.9 Å². The number of amides is 1. The van der Waals surface area contributed by atoms with Gasteiger partial charge in [-0.3, -0.25) is 14.5 Å². The molecule has 2 unspecified atom stereocenters. The Bertz CT molecular complexity index is 1480. The molecule has 0 bridgehead atoms. The number of aromatic nitrogens is 1. The van der Waals surface area contributed by atoms with Gasteiger partial charge in [-0.1, -0.05) is 36.4 Å². The monoisotopic (exact) mass is 536 g/mol. The number of fused-ring (bicyclic) bond motifs is 1. The number of ketones is 1. The predicted octanol–water partition coefficient (Wildman–Crippen LogP) is 5.51. The van der Waals surface area contributed by atoms with Crippen molar-refractivity contribution in [2.24, 2.45) is 0 Å². The second-order valence-corrected chi connectivity index (χ2v) is 11.0. The van der Waals surface area contributed by atoms with E-state index < -0.39 is 11.7 Å². The Labute approximate surface area is 235 Å². The molecule has 206 valence electrons. The number of nitrogens with zero attached hydrogens (tertiary/aromatic N) is 3. The van der Waals surface area contributed by atoms with E-state index in [4.69, 9.17) is 4.74 Å². The lowest BCUT2D eigenvalue weighted by Gasteiger charge is -2.44. The highest BCUT2D eigenvalue weighted by Gasteiger charge is 2.30. The molecule has 2 atom stereocenters. The Morgan fingerprint density at radius 1 is 0.850 bits per heavy atom. The Balaban J connectivity index is 1.12. The highest BCUT2D eigenvalue weighted by Crippen LogP contribution is 2.29. The van der Waals surface area contributed by atoms with Gasteiger partial charge in [0.05, 0.1) is 12.2 Å². The standard InChI is InChI=1S/C33H36N4O3/c1-23-21-36(22-24(2)40-23)28-15-18-35(19-16-28)27-13-11-26(12-14-27)34-33(39)32(38)31-30(25-8-4-3-5-9-25)20-29-10-6-7-17-37(29)31/h3-14,17,20,23-24,28H,15-16,18-19,21-22H2,1-2H3,(H,34,39). The van der Waals surface area contributed by atoms with Crippen molar-refractivity contribution in [1.82, 2.24) is 9.30 Å². The largest absolute Gasteiger partial charge is 0.373 e. The van der Waals surface area contributed by atoms with Crippen molar-refractivity contribution in [3.8, 4) is 11.1 Å². The van der Waals surface area contributed by atoms with Crippen LogP contribution in [0.15, 0.2) is 85.1 Å². The molecule has 1 amide bonds. The minimum atomic E-state index is -0.649. The van der Waals surface area contributed by atoms with Crippen LogP contribution in [0.4, 0.5) is 11.4 Å². The second-order valence-electron chi connectivity index (χ2n) is 11.0. The number of rotatable bonds is 6. The molecule has 4 aromatic rings. The van der Waals surface area contributed by atoms with Crippen LogP contribution in [0.2, 0.25) is 0 Å². The highest BCUT2D eigenvalue weighted by molar-refractivity contribution is 6.47. The van der Waals surface area contributed by atoms with E-state index in [-0.39, 0.29) is 12.2 Å². The van der Waals surface area contributed by atoms with Gasteiger partial charge in [0.2, 0.25) is 0 Å². The third-order valence-corrected chi connectivity index (χ3v) is 8.10. The molecule has 0 saturated carbocycles. The Hall–Kier alpha value is -3.94. The van der Waals surface area contributed by atoms with Gasteiger partial charge < -0.3 is 19.4 Å². The van der Waals surface area contributed by atoms with Crippen molar-refractivity contribution in [3.63, 3.8) is 0 Å². The molecule has 2 fully saturated rings. The van der Waals surface area contributed by atoms with Gasteiger partial charge in [0.15, 0.2) is 0 Å². The van der Waals surface area contributed by atoms with E-state index in [1.807, 2.05) is 85.1 Å². The lowest BCUT2D eigenvalue weighted by molar-refractivity contribution is -0.112. The van der Waals surface area contributed by atoms with Crippen LogP contribution in [0, 0.1) is 0 Å². The molecule has 2 aliphatic rings. The van der Waals surface area contributed by atoms with Crippen LogP contribution < -0.4 is 10.2 Å². The number of carbonyl (C=O) groups is 2. The third-order valence-electron chi connectivity index (χ3n) is 8.10. The molecule has 0 aliphatic carbocycles. The average molecular weight is 537 g/mol. The number of pyridine rings is 1. The normalized spacial score (nSPS) is 20.5. The Morgan fingerprint density at radius 3 is 2.23 bits per heavy atom. The summed E-state index contributed by atoms with van der Waals surface area (Å²) in [6.45, 7) is 8.34. The SMILES string of the molecule is CC1CN(C2CCN(c3ccc(NC(=O)C(=O)c4c(-c5ccccc5)cc5ccccn45)cc3)CC2)CC(C)O1. The van der Waals surface area contributed by atoms with Crippen molar-refractivity contribution in [1.29, 1.82) is 0 Å². The van der Waals surface area contributed by atoms with Gasteiger partial charge >= 0.3 is 0 Å². The van der Waals surface area contributed by atoms with E-state index in [2.05, 4.69) is 29.0 Å². The smallest absolute Gasteiger partial charge is 0.298 e. The Morgan fingerprint density at radius 2 is 1.52 bits per heavy atom. The van der Waals surface area contributed by atoms with Gasteiger partial charge in [0.1, 0.15) is 5.69 Å². The molecule has 7 heteroatoms. The summed E-state index contributed by atoms with van der Waals surface area (Å²) in [4.78, 5) is 31.6. The number of anilines is 2. The lowest BCUT2D eigenvalue weighted by Crippen LogP contribution is -2.53. The van der Waals surface area contributed by atoms with E-state index in [0.717, 1.165) is 61.4 Å². The molecule has 40 heavy (non-hydrogen) atoms. The van der Waals surface area contributed by atoms with E-state index in [0.29, 0.717) is 17.4 Å². The molecule has 1 N–H and O–H groups in total. The number of hydrogen-bond donors (Lipinski definition) is 1. The number of Topliss-reactive ketones (excluding diaryl/α,β-unsaturated/α-hetero) is 1. The summed E-state index contributed by atoms with van der Waals surface area (Å²) in [7, 11) is 0. The van der Waals surface area contributed by atoms with Crippen molar-refractivity contribution < 1.29 is 14.3 Å². The maximum Gasteiger partial charge on any atom is 0.298 e. The number of benzene rings is 2. The van der Waals surface area contributed by atoms with Gasteiger partial charge in [-0.25, -0.2) is 0 Å². The van der Waals surface area contributed by atoms with Crippen LogP contribution in [-0.2, 0) is 9.53 Å². The fraction of sp³-hybridized carbons (Fsp3) is 0.333. The minimum Gasteiger partial charge on any atom is -0.373 e. The summed E-state index contributed by atoms with van der Waals surface area (Å²) in [5.74, 6) is -1.22. The Kier molecular flexibility index (Phi) is 7.41. The van der Waals surface area contributed by atoms with E-state index in [1.165, 1.54) is 0 Å². The zero-order chi connectivity index (χ0) is 27.6. The fourth-order valence-electron chi connectivity index (χ4n) is 6.25. The molecule has 6 rings (SSSR count). The first-order chi connectivity index (χ1) is 19.5. The number of nitrogens with one attached hydrogen (secondary N) is 1. The quantitative estimate of drug-likeness (QED) is 0.260. The zero-order valence-electron chi connectivity index (χ0n) is 23.1. The second kappa shape index (κ2) is 11.3. The lowest BCUT2D eigenvalue weighted by atomic mass is 10.0. The molecule has 0 spiro atoms. The highest BCUT2D eigenvalue weighted by atomic mass is 16.5. The average Bonchev–Trinajstić information content (AvgIpc) is 3.37. The predicted molar refractivity (Wildman–Crippen MR) is 159 cm³/mol. The molecular weight excluding hydrogens is 500 g/mol. The van der Waals surface area contributed by atoms with E-state index >= 15 is 0 Å².